The monoisotopic (exact) mass is 1300 g/mol. The number of ketones is 3. The number of pyridine rings is 3. The number of halogens is 6. The zero-order chi connectivity index (χ0) is 64.6. The first kappa shape index (κ1) is 68.3. The van der Waals surface area contributed by atoms with Gasteiger partial charge in [-0.05, 0) is 140 Å². The average molecular weight is 1300 g/mol. The normalized spacial score (nSPS) is 11.1. The largest absolute Gasteiger partial charge is 0.487 e. The highest BCUT2D eigenvalue weighted by atomic mass is 35.5. The molecule has 2 amide bonds. The number of benzene rings is 5. The molecule has 0 spiro atoms. The minimum absolute atomic E-state index is 0. The number of rotatable bonds is 18. The highest BCUT2D eigenvalue weighted by Gasteiger charge is 2.33. The second kappa shape index (κ2) is 31.8. The van der Waals surface area contributed by atoms with E-state index in [2.05, 4.69) is 46.0 Å². The summed E-state index contributed by atoms with van der Waals surface area (Å²) in [6.07, 6.45) is 8.54. The Morgan fingerprint density at radius 2 is 0.824 bits per heavy atom. The van der Waals surface area contributed by atoms with Gasteiger partial charge in [0.15, 0.2) is 51.9 Å². The van der Waals surface area contributed by atoms with Gasteiger partial charge in [-0.2, -0.15) is 0 Å². The molecule has 10 rings (SSSR count). The summed E-state index contributed by atoms with van der Waals surface area (Å²) < 4.78 is 45.3. The first-order valence-electron chi connectivity index (χ1n) is 26.6. The lowest BCUT2D eigenvalue weighted by molar-refractivity contribution is 0.101. The van der Waals surface area contributed by atoms with Gasteiger partial charge in [-0.25, -0.2) is 8.78 Å². The van der Waals surface area contributed by atoms with Crippen LogP contribution in [-0.2, 0) is 4.65 Å². The molecule has 3 radical (unpaired) electrons. The number of nitrogens with zero attached hydrogens (tertiary/aromatic N) is 7. The molecule has 1 unspecified atom stereocenters. The van der Waals surface area contributed by atoms with Crippen LogP contribution in [0.2, 0.25) is 26.9 Å². The minimum Gasteiger partial charge on any atom is -0.487 e. The third-order valence-corrected chi connectivity index (χ3v) is 14.5. The molecule has 8 N–H and O–H groups in total. The highest BCUT2D eigenvalue weighted by Crippen LogP contribution is 2.39. The van der Waals surface area contributed by atoms with Crippen molar-refractivity contribution in [2.24, 2.45) is 0 Å². The number of nitrogens with one attached hydrogen (secondary N) is 2. The molecule has 28 heteroatoms. The average Bonchev–Trinajstić information content (AvgIpc) is 1.86. The lowest BCUT2D eigenvalue weighted by atomic mass is 9.62. The predicted molar refractivity (Wildman–Crippen MR) is 345 cm³/mol. The van der Waals surface area contributed by atoms with Crippen LogP contribution in [0.5, 0.6) is 11.5 Å². The molecule has 0 fully saturated rings. The quantitative estimate of drug-likeness (QED) is 0.0231. The fraction of sp³-hybridized carbons (Fsp3) is 0.0794. The van der Waals surface area contributed by atoms with Gasteiger partial charge in [0.05, 0.1) is 10.0 Å². The fourth-order valence-electron chi connectivity index (χ4n) is 8.24. The van der Waals surface area contributed by atoms with Crippen molar-refractivity contribution in [3.63, 3.8) is 0 Å². The van der Waals surface area contributed by atoms with Crippen LogP contribution in [0.25, 0.3) is 0 Å². The SMILES string of the molecule is COB(C)C(Oc1cc(C(=O)Nc2ccc(C(=O)c3ccncc3)cc2)nnc1N)c1c(Cl)ccc(F)c1Cl.C[C@@H](Oc1cc(C(=O)Nc2ccc(C(=O)c3ccncc3)cc2)nnc1N)c1c(Cl)ccc(F)c1Cl.Nc1ccc(C(=O)c2ccncc2)cc1.[B]. The number of aromatic nitrogens is 7. The van der Waals surface area contributed by atoms with Crippen LogP contribution in [0, 0.1) is 11.6 Å². The zero-order valence-corrected chi connectivity index (χ0v) is 51.0. The van der Waals surface area contributed by atoms with Crippen molar-refractivity contribution in [2.45, 2.75) is 25.9 Å². The van der Waals surface area contributed by atoms with Crippen LogP contribution in [0.1, 0.15) is 98.9 Å². The van der Waals surface area contributed by atoms with Crippen molar-refractivity contribution < 1.29 is 46.9 Å². The van der Waals surface area contributed by atoms with Gasteiger partial charge in [0.2, 0.25) is 0 Å². The Morgan fingerprint density at radius 1 is 0.484 bits per heavy atom. The van der Waals surface area contributed by atoms with Crippen molar-refractivity contribution in [1.29, 1.82) is 0 Å². The number of nitrogens with two attached hydrogens (primary N) is 3. The molecule has 20 nitrogen and oxygen atoms in total. The Hall–Kier alpha value is -10.2. The Labute approximate surface area is 541 Å². The van der Waals surface area contributed by atoms with E-state index >= 15 is 0 Å². The van der Waals surface area contributed by atoms with E-state index in [1.165, 1.54) is 56.2 Å². The molecular weight excluding hydrogens is 1250 g/mol. The summed E-state index contributed by atoms with van der Waals surface area (Å²) in [5, 5.41) is 20.5. The van der Waals surface area contributed by atoms with E-state index in [0.717, 1.165) is 12.1 Å². The van der Waals surface area contributed by atoms with E-state index in [0.29, 0.717) is 50.4 Å². The summed E-state index contributed by atoms with van der Waals surface area (Å²) >= 11 is 24.7. The van der Waals surface area contributed by atoms with Crippen LogP contribution < -0.4 is 37.3 Å². The molecule has 91 heavy (non-hydrogen) atoms. The lowest BCUT2D eigenvalue weighted by Gasteiger charge is -2.24. The van der Waals surface area contributed by atoms with Gasteiger partial charge < -0.3 is 42.0 Å². The van der Waals surface area contributed by atoms with Crippen molar-refractivity contribution >= 4 is 120 Å². The smallest absolute Gasteiger partial charge is 0.338 e. The molecule has 0 aliphatic carbocycles. The first-order valence-corrected chi connectivity index (χ1v) is 28.1. The molecule has 0 saturated heterocycles. The van der Waals surface area contributed by atoms with Crippen LogP contribution in [0.3, 0.4) is 0 Å². The molecule has 5 aromatic carbocycles. The number of hydrogen-bond acceptors (Lipinski definition) is 18. The van der Waals surface area contributed by atoms with Gasteiger partial charge in [0.1, 0.15) is 23.7 Å². The number of amides is 2. The minimum atomic E-state index is -1.00. The maximum Gasteiger partial charge on any atom is 0.338 e. The molecule has 0 aliphatic heterocycles. The van der Waals surface area contributed by atoms with Crippen molar-refractivity contribution in [1.82, 2.24) is 35.3 Å². The second-order valence-corrected chi connectivity index (χ2v) is 20.7. The van der Waals surface area contributed by atoms with Gasteiger partial charge in [0.25, 0.3) is 11.8 Å². The Balaban J connectivity index is 0.000000209. The third kappa shape index (κ3) is 17.6. The standard InChI is InChI=1S/C26H21BCl2FN5O4.C25H18Cl2FN5O3.C12H10N2O.B/c1-27(38-2)24(21-17(28)7-8-18(30)22(21)29)39-20-13-19(34-35-25(20)31)26(37)33-16-5-3-14(4-6-16)23(36)15-9-11-32-12-10-15;1-13(21-17(26)6-7-18(28)22(21)27)36-20-12-19(32-33-24(20)29)25(35)31-16-4-2-14(3-5-16)23(34)15-8-10-30-11-9-15;13-11-3-1-9(2-4-11)12(15)10-5-7-14-8-6-10;/h3-13,24H,1-2H3,(H2,31,35)(H,33,37);2-13H,1H3,(H2,29,33)(H,31,35);1-8H,13H2;/t;13-;;/m.1../s1. The van der Waals surface area contributed by atoms with Gasteiger partial charge in [-0.15, -0.1) is 20.4 Å². The molecule has 2 atom stereocenters. The summed E-state index contributed by atoms with van der Waals surface area (Å²) in [4.78, 5) is 74.3. The highest BCUT2D eigenvalue weighted by molar-refractivity contribution is 6.52. The van der Waals surface area contributed by atoms with Gasteiger partial charge >= 0.3 is 6.92 Å². The summed E-state index contributed by atoms with van der Waals surface area (Å²) in [5.74, 6) is -3.09. The molecule has 0 aliphatic rings. The number of ether oxygens (including phenoxy) is 2. The lowest BCUT2D eigenvalue weighted by Crippen LogP contribution is -2.29. The van der Waals surface area contributed by atoms with Crippen molar-refractivity contribution in [3.8, 4) is 11.5 Å². The Morgan fingerprint density at radius 3 is 1.21 bits per heavy atom. The number of carbonyl (C=O) groups excluding carboxylic acids is 5. The molecule has 457 valence electrons. The van der Waals surface area contributed by atoms with Crippen LogP contribution >= 0.6 is 46.4 Å². The van der Waals surface area contributed by atoms with Gasteiger partial charge in [-0.3, -0.25) is 38.9 Å². The molecular formula is C63H49B2Cl4F2N12O8. The van der Waals surface area contributed by atoms with Crippen LogP contribution in [0.4, 0.5) is 37.5 Å². The maximum absolute atomic E-state index is 14.2. The van der Waals surface area contributed by atoms with E-state index < -0.39 is 42.5 Å². The third-order valence-electron chi connectivity index (χ3n) is 13.1. The van der Waals surface area contributed by atoms with E-state index in [-0.39, 0.29) is 91.5 Å². The van der Waals surface area contributed by atoms with Gasteiger partial charge in [-0.1, -0.05) is 53.2 Å². The van der Waals surface area contributed by atoms with Crippen molar-refractivity contribution in [3.05, 3.63) is 270 Å². The summed E-state index contributed by atoms with van der Waals surface area (Å²) in [7, 11) is 1.44. The second-order valence-electron chi connectivity index (χ2n) is 19.1. The van der Waals surface area contributed by atoms with Crippen LogP contribution in [0.15, 0.2) is 183 Å². The van der Waals surface area contributed by atoms with E-state index in [4.69, 9.17) is 77.7 Å². The van der Waals surface area contributed by atoms with Crippen molar-refractivity contribution in [2.75, 3.05) is 34.9 Å². The molecule has 5 heterocycles. The summed E-state index contributed by atoms with van der Waals surface area (Å²) in [6, 6.07) is 36.0. The van der Waals surface area contributed by atoms with E-state index in [1.54, 1.807) is 135 Å². The van der Waals surface area contributed by atoms with Crippen LogP contribution in [-0.4, -0.2) is 86.9 Å². The predicted octanol–water partition coefficient (Wildman–Crippen LogP) is 12.3. The molecule has 0 bridgehead atoms. The fourth-order valence-corrected chi connectivity index (χ4v) is 9.51. The summed E-state index contributed by atoms with van der Waals surface area (Å²) in [6.45, 7) is 2.62. The number of anilines is 5. The van der Waals surface area contributed by atoms with Gasteiger partial charge in [0, 0.05) is 136 Å². The molecule has 0 saturated carbocycles. The molecule has 5 aromatic heterocycles. The Bertz CT molecular complexity index is 4230. The zero-order valence-electron chi connectivity index (χ0n) is 48.0. The Kier molecular flexibility index (Phi) is 23.8. The summed E-state index contributed by atoms with van der Waals surface area (Å²) in [5.41, 5.74) is 22.2. The number of nitrogen functional groups attached to an aromatic ring is 3. The first-order chi connectivity index (χ1) is 43.2. The van der Waals surface area contributed by atoms with E-state index in [9.17, 15) is 32.8 Å². The van der Waals surface area contributed by atoms with E-state index in [1.807, 2.05) is 0 Å². The molecule has 10 aromatic rings. The number of hydrogen-bond donors (Lipinski definition) is 5. The number of carbonyl (C=O) groups is 5. The maximum atomic E-state index is 14.2. The topological polar surface area (TPSA) is 305 Å².